The largest absolute Gasteiger partial charge is 0.342 e. The molecular weight excluding hydrogens is 268 g/mol. The quantitative estimate of drug-likeness (QED) is 0.895. The zero-order valence-electron chi connectivity index (χ0n) is 13.8. The minimum absolute atomic E-state index is 0.478. The van der Waals surface area contributed by atoms with E-state index in [1.807, 2.05) is 0 Å². The Balaban J connectivity index is 1.77. The van der Waals surface area contributed by atoms with Crippen molar-refractivity contribution in [2.75, 3.05) is 6.54 Å². The molecule has 0 radical (unpaired) electrons. The second kappa shape index (κ2) is 5.58. The fourth-order valence-corrected chi connectivity index (χ4v) is 4.12. The number of fused-ring (bicyclic) bond motifs is 5. The van der Waals surface area contributed by atoms with Crippen molar-refractivity contribution < 1.29 is 0 Å². The van der Waals surface area contributed by atoms with Crippen LogP contribution in [0.3, 0.4) is 0 Å². The lowest BCUT2D eigenvalue weighted by Crippen LogP contribution is -2.31. The fraction of sp³-hybridized carbons (Fsp3) is 0.500. The first-order valence-electron chi connectivity index (χ1n) is 8.85. The molecule has 2 aromatic rings. The van der Waals surface area contributed by atoms with Crippen LogP contribution in [0, 0.1) is 0 Å². The summed E-state index contributed by atoms with van der Waals surface area (Å²) in [5, 5.41) is 3.58. The minimum Gasteiger partial charge on any atom is -0.342 e. The van der Waals surface area contributed by atoms with Gasteiger partial charge in [-0.05, 0) is 55.4 Å². The maximum Gasteiger partial charge on any atom is 0.0518 e. The number of benzene rings is 1. The van der Waals surface area contributed by atoms with Crippen LogP contribution < -0.4 is 5.32 Å². The molecular formula is C20H26N2. The number of unbranched alkanes of at least 4 members (excludes halogenated alkanes) is 1. The van der Waals surface area contributed by atoms with E-state index in [9.17, 15) is 0 Å². The minimum atomic E-state index is 0.478. The predicted octanol–water partition coefficient (Wildman–Crippen LogP) is 4.26. The molecule has 2 heterocycles. The third-order valence-corrected chi connectivity index (χ3v) is 5.34. The van der Waals surface area contributed by atoms with Crippen LogP contribution in [0.2, 0.25) is 0 Å². The molecule has 0 saturated carbocycles. The van der Waals surface area contributed by atoms with Crippen LogP contribution in [-0.2, 0) is 25.8 Å². The Morgan fingerprint density at radius 2 is 2.05 bits per heavy atom. The van der Waals surface area contributed by atoms with Crippen molar-refractivity contribution in [1.29, 1.82) is 0 Å². The van der Waals surface area contributed by atoms with E-state index in [2.05, 4.69) is 48.0 Å². The van der Waals surface area contributed by atoms with E-state index in [0.717, 1.165) is 13.1 Å². The lowest BCUT2D eigenvalue weighted by molar-refractivity contribution is 0.451. The molecule has 1 aromatic carbocycles. The Kier molecular flexibility index (Phi) is 3.57. The van der Waals surface area contributed by atoms with Gasteiger partial charge in [0.2, 0.25) is 0 Å². The first-order valence-corrected chi connectivity index (χ1v) is 8.85. The molecule has 116 valence electrons. The second-order valence-electron chi connectivity index (χ2n) is 6.87. The molecule has 0 fully saturated rings. The number of rotatable bonds is 3. The van der Waals surface area contributed by atoms with E-state index in [-0.39, 0.29) is 0 Å². The third-order valence-electron chi connectivity index (χ3n) is 5.34. The van der Waals surface area contributed by atoms with Gasteiger partial charge in [0.05, 0.1) is 5.69 Å². The van der Waals surface area contributed by atoms with Crippen molar-refractivity contribution in [2.45, 2.75) is 58.5 Å². The predicted molar refractivity (Wildman–Crippen MR) is 92.3 cm³/mol. The SMILES string of the molecule is CCCCc1ccc2c(c1)CCc1cc3n(c1-2)CCNC3C. The molecule has 1 unspecified atom stereocenters. The Morgan fingerprint density at radius 1 is 1.18 bits per heavy atom. The van der Waals surface area contributed by atoms with Crippen molar-refractivity contribution >= 4 is 0 Å². The summed E-state index contributed by atoms with van der Waals surface area (Å²) in [4.78, 5) is 0. The monoisotopic (exact) mass is 294 g/mol. The van der Waals surface area contributed by atoms with Gasteiger partial charge in [0.25, 0.3) is 0 Å². The first-order chi connectivity index (χ1) is 10.8. The molecule has 2 heteroatoms. The van der Waals surface area contributed by atoms with Crippen LogP contribution in [0.5, 0.6) is 0 Å². The summed E-state index contributed by atoms with van der Waals surface area (Å²) in [6.07, 6.45) is 6.20. The third kappa shape index (κ3) is 2.21. The van der Waals surface area contributed by atoms with Gasteiger partial charge in [0.15, 0.2) is 0 Å². The highest BCUT2D eigenvalue weighted by molar-refractivity contribution is 5.72. The Bertz CT molecular complexity index is 696. The summed E-state index contributed by atoms with van der Waals surface area (Å²) in [7, 11) is 0. The van der Waals surface area contributed by atoms with Gasteiger partial charge < -0.3 is 9.88 Å². The van der Waals surface area contributed by atoms with Crippen LogP contribution >= 0.6 is 0 Å². The lowest BCUT2D eigenvalue weighted by Gasteiger charge is -2.26. The van der Waals surface area contributed by atoms with Crippen LogP contribution in [0.4, 0.5) is 0 Å². The highest BCUT2D eigenvalue weighted by atomic mass is 15.1. The van der Waals surface area contributed by atoms with Gasteiger partial charge in [-0.2, -0.15) is 0 Å². The highest BCUT2D eigenvalue weighted by Crippen LogP contribution is 2.38. The van der Waals surface area contributed by atoms with E-state index in [0.29, 0.717) is 6.04 Å². The Hall–Kier alpha value is -1.54. The summed E-state index contributed by atoms with van der Waals surface area (Å²) in [6.45, 7) is 6.74. The van der Waals surface area contributed by atoms with Gasteiger partial charge in [-0.1, -0.05) is 31.5 Å². The van der Waals surface area contributed by atoms with Crippen LogP contribution in [-0.4, -0.2) is 11.1 Å². The standard InChI is InChI=1S/C20H26N2/c1-3-4-5-15-6-9-18-16(12-15)7-8-17-13-19-14(2)21-10-11-22(19)20(17)18/h6,9,12-14,21H,3-5,7-8,10-11H2,1-2H3. The van der Waals surface area contributed by atoms with Gasteiger partial charge in [0, 0.05) is 30.4 Å². The molecule has 4 rings (SSSR count). The average Bonchev–Trinajstić information content (AvgIpc) is 2.93. The first kappa shape index (κ1) is 14.1. The number of nitrogens with zero attached hydrogens (tertiary/aromatic N) is 1. The summed E-state index contributed by atoms with van der Waals surface area (Å²) < 4.78 is 2.57. The summed E-state index contributed by atoms with van der Waals surface area (Å²) in [6, 6.07) is 10.1. The summed E-state index contributed by atoms with van der Waals surface area (Å²) >= 11 is 0. The van der Waals surface area contributed by atoms with E-state index >= 15 is 0 Å². The van der Waals surface area contributed by atoms with Gasteiger partial charge in [0.1, 0.15) is 0 Å². The lowest BCUT2D eigenvalue weighted by atomic mass is 9.88. The van der Waals surface area contributed by atoms with Crippen LogP contribution in [0.15, 0.2) is 24.3 Å². The molecule has 0 bridgehead atoms. The molecule has 2 nitrogen and oxygen atoms in total. The van der Waals surface area contributed by atoms with E-state index in [4.69, 9.17) is 0 Å². The van der Waals surface area contributed by atoms with Gasteiger partial charge >= 0.3 is 0 Å². The summed E-state index contributed by atoms with van der Waals surface area (Å²) in [5.41, 5.74) is 9.10. The molecule has 1 aliphatic heterocycles. The molecule has 1 N–H and O–H groups in total. The van der Waals surface area contributed by atoms with E-state index in [1.165, 1.54) is 54.6 Å². The zero-order valence-corrected chi connectivity index (χ0v) is 13.8. The highest BCUT2D eigenvalue weighted by Gasteiger charge is 2.26. The van der Waals surface area contributed by atoms with Gasteiger partial charge in [-0.25, -0.2) is 0 Å². The topological polar surface area (TPSA) is 17.0 Å². The number of hydrogen-bond donors (Lipinski definition) is 1. The normalized spacial score (nSPS) is 19.5. The van der Waals surface area contributed by atoms with Crippen molar-refractivity contribution in [3.05, 3.63) is 46.6 Å². The van der Waals surface area contributed by atoms with E-state index in [1.54, 1.807) is 11.1 Å². The molecule has 1 aliphatic carbocycles. The smallest absolute Gasteiger partial charge is 0.0518 e. The summed E-state index contributed by atoms with van der Waals surface area (Å²) in [5.74, 6) is 0. The maximum absolute atomic E-state index is 3.58. The van der Waals surface area contributed by atoms with Crippen molar-refractivity contribution in [3.63, 3.8) is 0 Å². The van der Waals surface area contributed by atoms with Crippen molar-refractivity contribution in [1.82, 2.24) is 9.88 Å². The Labute approximate surface area is 133 Å². The van der Waals surface area contributed by atoms with Crippen LogP contribution in [0.25, 0.3) is 11.3 Å². The van der Waals surface area contributed by atoms with Crippen molar-refractivity contribution in [2.24, 2.45) is 0 Å². The van der Waals surface area contributed by atoms with Gasteiger partial charge in [-0.3, -0.25) is 0 Å². The number of hydrogen-bond acceptors (Lipinski definition) is 1. The zero-order chi connectivity index (χ0) is 15.1. The van der Waals surface area contributed by atoms with Crippen molar-refractivity contribution in [3.8, 4) is 11.3 Å². The number of nitrogens with one attached hydrogen (secondary N) is 1. The molecule has 0 spiro atoms. The molecule has 1 aromatic heterocycles. The van der Waals surface area contributed by atoms with Gasteiger partial charge in [-0.15, -0.1) is 0 Å². The molecule has 0 amide bonds. The number of aromatic nitrogens is 1. The molecule has 2 aliphatic rings. The second-order valence-corrected chi connectivity index (χ2v) is 6.87. The maximum atomic E-state index is 3.58. The molecule has 1 atom stereocenters. The molecule has 0 saturated heterocycles. The average molecular weight is 294 g/mol. The van der Waals surface area contributed by atoms with Crippen LogP contribution in [0.1, 0.15) is 55.1 Å². The fourth-order valence-electron chi connectivity index (χ4n) is 4.12. The Morgan fingerprint density at radius 3 is 2.91 bits per heavy atom. The molecule has 22 heavy (non-hydrogen) atoms. The number of aryl methyl sites for hydroxylation is 3. The van der Waals surface area contributed by atoms with E-state index < -0.39 is 0 Å².